The maximum atomic E-state index is 13.1. The fraction of sp³-hybridized carbons (Fsp3) is 0.591. The highest BCUT2D eigenvalue weighted by Gasteiger charge is 2.30. The maximum absolute atomic E-state index is 13.1. The van der Waals surface area contributed by atoms with Crippen molar-refractivity contribution in [1.82, 2.24) is 25.9 Å². The molecule has 0 spiro atoms. The van der Waals surface area contributed by atoms with Gasteiger partial charge in [-0.1, -0.05) is 0 Å². The van der Waals surface area contributed by atoms with Gasteiger partial charge in [0.1, 0.15) is 18.1 Å². The summed E-state index contributed by atoms with van der Waals surface area (Å²) in [5, 5.41) is 25.3. The molecule has 0 saturated carbocycles. The molecule has 0 radical (unpaired) electrons. The van der Waals surface area contributed by atoms with Crippen molar-refractivity contribution >= 4 is 35.6 Å². The first-order chi connectivity index (χ1) is 17.9. The van der Waals surface area contributed by atoms with Crippen LogP contribution in [0.1, 0.15) is 50.6 Å². The molecule has 0 fully saturated rings. The van der Waals surface area contributed by atoms with Crippen molar-refractivity contribution in [2.45, 2.75) is 75.5 Å². The lowest BCUT2D eigenvalue weighted by atomic mass is 10.0. The molecule has 212 valence electrons. The standard InChI is InChI=1S/C22H36N8O8/c23-8-2-1-3-14(28-19(34)13(24)9-12-10-26-11-27-12)20(35)29-15(4-6-17(25)31)21(36)30-16(22(37)38)5-7-18(32)33/h10-11,13-16H,1-9,23-24H2,(H2,25,31)(H,26,27)(H,28,34)(H,29,35)(H,30,36)(H,32,33)(H,37,38). The second-order valence-corrected chi connectivity index (χ2v) is 8.63. The van der Waals surface area contributed by atoms with E-state index in [2.05, 4.69) is 25.9 Å². The molecule has 0 aliphatic rings. The number of nitrogens with zero attached hydrogens (tertiary/aromatic N) is 1. The molecule has 0 aliphatic carbocycles. The number of rotatable bonds is 19. The molecule has 0 aromatic carbocycles. The lowest BCUT2D eigenvalue weighted by molar-refractivity contribution is -0.143. The molecule has 0 bridgehead atoms. The van der Waals surface area contributed by atoms with Crippen LogP contribution in [-0.2, 0) is 35.2 Å². The van der Waals surface area contributed by atoms with Crippen LogP contribution in [-0.4, -0.2) is 86.5 Å². The first-order valence-electron chi connectivity index (χ1n) is 12.0. The second-order valence-electron chi connectivity index (χ2n) is 8.63. The Bertz CT molecular complexity index is 955. The molecule has 1 aromatic heterocycles. The van der Waals surface area contributed by atoms with Crippen molar-refractivity contribution in [3.8, 4) is 0 Å². The summed E-state index contributed by atoms with van der Waals surface area (Å²) in [7, 11) is 0. The Balaban J connectivity index is 2.98. The van der Waals surface area contributed by atoms with E-state index in [-0.39, 0.29) is 25.7 Å². The van der Waals surface area contributed by atoms with E-state index in [1.165, 1.54) is 12.5 Å². The summed E-state index contributed by atoms with van der Waals surface area (Å²) in [6, 6.07) is -5.07. The molecule has 4 atom stereocenters. The summed E-state index contributed by atoms with van der Waals surface area (Å²) in [5.41, 5.74) is 17.2. The third-order valence-electron chi connectivity index (χ3n) is 5.49. The third kappa shape index (κ3) is 12.3. The number of primary amides is 1. The Labute approximate surface area is 218 Å². The van der Waals surface area contributed by atoms with E-state index in [0.717, 1.165) is 0 Å². The Hall–Kier alpha value is -4.05. The van der Waals surface area contributed by atoms with Gasteiger partial charge >= 0.3 is 11.9 Å². The number of carboxylic acid groups (broad SMARTS) is 2. The highest BCUT2D eigenvalue weighted by Crippen LogP contribution is 2.07. The summed E-state index contributed by atoms with van der Waals surface area (Å²) < 4.78 is 0. The van der Waals surface area contributed by atoms with Gasteiger partial charge in [-0.15, -0.1) is 0 Å². The molecule has 1 heterocycles. The molecule has 4 amide bonds. The lowest BCUT2D eigenvalue weighted by Crippen LogP contribution is -2.57. The summed E-state index contributed by atoms with van der Waals surface area (Å²) >= 11 is 0. The van der Waals surface area contributed by atoms with Crippen LogP contribution in [0.25, 0.3) is 0 Å². The van der Waals surface area contributed by atoms with Gasteiger partial charge in [0, 0.05) is 31.2 Å². The number of amides is 4. The van der Waals surface area contributed by atoms with Crippen molar-refractivity contribution < 1.29 is 39.0 Å². The second kappa shape index (κ2) is 16.6. The van der Waals surface area contributed by atoms with Crippen LogP contribution in [0.3, 0.4) is 0 Å². The Morgan fingerprint density at radius 3 is 1.97 bits per heavy atom. The third-order valence-corrected chi connectivity index (χ3v) is 5.49. The number of aliphatic carboxylic acids is 2. The number of nitrogens with one attached hydrogen (secondary N) is 4. The van der Waals surface area contributed by atoms with Gasteiger partial charge in [-0.3, -0.25) is 24.0 Å². The zero-order valence-electron chi connectivity index (χ0n) is 20.9. The van der Waals surface area contributed by atoms with Gasteiger partial charge in [0.2, 0.25) is 23.6 Å². The van der Waals surface area contributed by atoms with E-state index in [9.17, 15) is 33.9 Å². The molecular formula is C22H36N8O8. The lowest BCUT2D eigenvalue weighted by Gasteiger charge is -2.25. The van der Waals surface area contributed by atoms with E-state index in [1.54, 1.807) is 0 Å². The average molecular weight is 541 g/mol. The van der Waals surface area contributed by atoms with Gasteiger partial charge < -0.3 is 48.3 Å². The van der Waals surface area contributed by atoms with E-state index in [4.69, 9.17) is 22.3 Å². The normalized spacial score (nSPS) is 13.9. The van der Waals surface area contributed by atoms with Crippen molar-refractivity contribution in [1.29, 1.82) is 0 Å². The smallest absolute Gasteiger partial charge is 0.326 e. The average Bonchev–Trinajstić information content (AvgIpc) is 3.35. The number of unbranched alkanes of at least 4 members (excludes halogenated alkanes) is 1. The van der Waals surface area contributed by atoms with Gasteiger partial charge in [-0.05, 0) is 38.6 Å². The highest BCUT2D eigenvalue weighted by molar-refractivity contribution is 5.94. The molecule has 0 saturated heterocycles. The van der Waals surface area contributed by atoms with Crippen LogP contribution in [0.4, 0.5) is 0 Å². The minimum Gasteiger partial charge on any atom is -0.481 e. The van der Waals surface area contributed by atoms with Crippen LogP contribution < -0.4 is 33.2 Å². The van der Waals surface area contributed by atoms with Crippen LogP contribution in [0, 0.1) is 0 Å². The number of aromatic amines is 1. The summed E-state index contributed by atoms with van der Waals surface area (Å²) in [6.07, 6.45) is 2.71. The number of hydrogen-bond acceptors (Lipinski definition) is 9. The first-order valence-corrected chi connectivity index (χ1v) is 12.0. The van der Waals surface area contributed by atoms with Crippen LogP contribution in [0.15, 0.2) is 12.5 Å². The van der Waals surface area contributed by atoms with E-state index in [0.29, 0.717) is 25.1 Å². The minimum absolute atomic E-state index is 0.125. The SMILES string of the molecule is NCCCCC(NC(=O)C(N)Cc1cnc[nH]1)C(=O)NC(CCC(N)=O)C(=O)NC(CCC(=O)O)C(=O)O. The van der Waals surface area contributed by atoms with E-state index < -0.39 is 72.6 Å². The fourth-order valence-corrected chi connectivity index (χ4v) is 3.39. The minimum atomic E-state index is -1.55. The largest absolute Gasteiger partial charge is 0.481 e. The highest BCUT2D eigenvalue weighted by atomic mass is 16.4. The van der Waals surface area contributed by atoms with Gasteiger partial charge in [0.05, 0.1) is 12.4 Å². The topological polar surface area (TPSA) is 286 Å². The van der Waals surface area contributed by atoms with Crippen LogP contribution >= 0.6 is 0 Å². The van der Waals surface area contributed by atoms with Gasteiger partial charge in [-0.25, -0.2) is 9.78 Å². The van der Waals surface area contributed by atoms with Gasteiger partial charge in [0.15, 0.2) is 0 Å². The summed E-state index contributed by atoms with van der Waals surface area (Å²) in [4.78, 5) is 78.8. The Kier molecular flexibility index (Phi) is 14.0. The predicted molar refractivity (Wildman–Crippen MR) is 132 cm³/mol. The molecule has 12 N–H and O–H groups in total. The summed E-state index contributed by atoms with van der Waals surface area (Å²) in [5.74, 6) is -5.87. The number of carbonyl (C=O) groups excluding carboxylic acids is 4. The molecule has 0 aliphatic heterocycles. The maximum Gasteiger partial charge on any atom is 0.326 e. The number of hydrogen-bond donors (Lipinski definition) is 9. The molecule has 1 rings (SSSR count). The summed E-state index contributed by atoms with van der Waals surface area (Å²) in [6.45, 7) is 0.345. The van der Waals surface area contributed by atoms with Crippen LogP contribution in [0.5, 0.6) is 0 Å². The van der Waals surface area contributed by atoms with Crippen molar-refractivity contribution in [3.05, 3.63) is 18.2 Å². The fourth-order valence-electron chi connectivity index (χ4n) is 3.39. The first kappa shape index (κ1) is 32.0. The Morgan fingerprint density at radius 2 is 1.45 bits per heavy atom. The number of imidazole rings is 1. The number of carboxylic acids is 2. The molecular weight excluding hydrogens is 504 g/mol. The molecule has 38 heavy (non-hydrogen) atoms. The number of aromatic nitrogens is 2. The molecule has 16 nitrogen and oxygen atoms in total. The number of H-pyrrole nitrogens is 1. The Morgan fingerprint density at radius 1 is 0.868 bits per heavy atom. The molecule has 1 aromatic rings. The van der Waals surface area contributed by atoms with Crippen molar-refractivity contribution in [2.75, 3.05) is 6.54 Å². The van der Waals surface area contributed by atoms with Gasteiger partial charge in [0.25, 0.3) is 0 Å². The van der Waals surface area contributed by atoms with Crippen LogP contribution in [0.2, 0.25) is 0 Å². The quantitative estimate of drug-likeness (QED) is 0.0801. The monoisotopic (exact) mass is 540 g/mol. The molecule has 4 unspecified atom stereocenters. The van der Waals surface area contributed by atoms with Crippen molar-refractivity contribution in [3.63, 3.8) is 0 Å². The van der Waals surface area contributed by atoms with E-state index in [1.807, 2.05) is 0 Å². The predicted octanol–water partition coefficient (Wildman–Crippen LogP) is -2.92. The number of nitrogens with two attached hydrogens (primary N) is 3. The number of carbonyl (C=O) groups is 6. The van der Waals surface area contributed by atoms with E-state index >= 15 is 0 Å². The molecule has 16 heteroatoms. The van der Waals surface area contributed by atoms with Crippen molar-refractivity contribution in [2.24, 2.45) is 17.2 Å². The van der Waals surface area contributed by atoms with Gasteiger partial charge in [-0.2, -0.15) is 0 Å². The zero-order chi connectivity index (χ0) is 28.7. The zero-order valence-corrected chi connectivity index (χ0v) is 20.9.